The lowest BCUT2D eigenvalue weighted by atomic mass is 9.85. The fraction of sp³-hybridized carbons (Fsp3) is 0.911. The molecular formula is C45H85O13P. The summed E-state index contributed by atoms with van der Waals surface area (Å²) in [6.07, 6.45) is 24.1. The van der Waals surface area contributed by atoms with E-state index in [0.29, 0.717) is 12.8 Å². The summed E-state index contributed by atoms with van der Waals surface area (Å²) < 4.78 is 33.5. The van der Waals surface area contributed by atoms with Crippen LogP contribution in [0.2, 0.25) is 0 Å². The lowest BCUT2D eigenvalue weighted by Gasteiger charge is -2.41. The first-order chi connectivity index (χ1) is 28.4. The van der Waals surface area contributed by atoms with Crippen LogP contribution < -0.4 is 0 Å². The molecule has 59 heavy (non-hydrogen) atoms. The molecule has 1 fully saturated rings. The topological polar surface area (TPSA) is 210 Å². The summed E-state index contributed by atoms with van der Waals surface area (Å²) in [4.78, 5) is 35.6. The molecule has 14 heteroatoms. The number of aliphatic hydroxyl groups excluding tert-OH is 5. The molecule has 0 radical (unpaired) electrons. The Hall–Kier alpha value is -1.41. The number of aliphatic hydroxyl groups is 5. The van der Waals surface area contributed by atoms with Crippen molar-refractivity contribution >= 4 is 19.8 Å². The van der Waals surface area contributed by atoms with E-state index in [-0.39, 0.29) is 12.8 Å². The van der Waals surface area contributed by atoms with E-state index in [2.05, 4.69) is 26.0 Å². The average molecular weight is 865 g/mol. The van der Waals surface area contributed by atoms with E-state index in [1.165, 1.54) is 116 Å². The van der Waals surface area contributed by atoms with Gasteiger partial charge in [-0.2, -0.15) is 0 Å². The second kappa shape index (κ2) is 36.1. The maximum absolute atomic E-state index is 12.8. The van der Waals surface area contributed by atoms with Gasteiger partial charge in [-0.25, -0.2) is 4.57 Å². The van der Waals surface area contributed by atoms with Gasteiger partial charge in [-0.1, -0.05) is 167 Å². The van der Waals surface area contributed by atoms with Crippen LogP contribution in [0.15, 0.2) is 12.2 Å². The molecule has 13 nitrogen and oxygen atoms in total. The van der Waals surface area contributed by atoms with Crippen LogP contribution in [0.3, 0.4) is 0 Å². The average Bonchev–Trinajstić information content (AvgIpc) is 3.21. The summed E-state index contributed by atoms with van der Waals surface area (Å²) in [7, 11) is -5.11. The lowest BCUT2D eigenvalue weighted by molar-refractivity contribution is -0.220. The molecule has 6 atom stereocenters. The second-order valence-corrected chi connectivity index (χ2v) is 18.0. The number of rotatable bonds is 39. The highest BCUT2D eigenvalue weighted by atomic mass is 31.2. The third-order valence-corrected chi connectivity index (χ3v) is 12.1. The van der Waals surface area contributed by atoms with Gasteiger partial charge in [0, 0.05) is 12.8 Å². The zero-order valence-corrected chi connectivity index (χ0v) is 37.7. The minimum atomic E-state index is -5.11. The molecular weight excluding hydrogens is 779 g/mol. The Balaban J connectivity index is 2.42. The maximum Gasteiger partial charge on any atom is 0.472 e. The Morgan fingerprint density at radius 2 is 0.864 bits per heavy atom. The lowest BCUT2D eigenvalue weighted by Crippen LogP contribution is -2.64. The molecule has 0 bridgehead atoms. The minimum absolute atomic E-state index is 0.0986. The van der Waals surface area contributed by atoms with Crippen molar-refractivity contribution in [3.05, 3.63) is 12.2 Å². The van der Waals surface area contributed by atoms with Gasteiger partial charge in [0.05, 0.1) is 6.61 Å². The Labute approximate surface area is 356 Å². The van der Waals surface area contributed by atoms with Crippen LogP contribution in [0.25, 0.3) is 0 Å². The molecule has 348 valence electrons. The Bertz CT molecular complexity index is 1090. The molecule has 1 aliphatic carbocycles. The molecule has 0 aromatic heterocycles. The first kappa shape index (κ1) is 55.6. The van der Waals surface area contributed by atoms with Crippen molar-refractivity contribution in [2.24, 2.45) is 0 Å². The normalized spacial score (nSPS) is 22.4. The molecule has 6 N–H and O–H groups in total. The molecule has 0 heterocycles. The summed E-state index contributed by atoms with van der Waals surface area (Å²) in [5, 5.41) is 50.1. The maximum atomic E-state index is 12.8. The molecule has 0 spiro atoms. The quantitative estimate of drug-likeness (QED) is 0.0148. The van der Waals surface area contributed by atoms with Crippen LogP contribution in [0.5, 0.6) is 0 Å². The monoisotopic (exact) mass is 865 g/mol. The van der Waals surface area contributed by atoms with E-state index >= 15 is 0 Å². The van der Waals surface area contributed by atoms with Crippen LogP contribution in [0.4, 0.5) is 0 Å². The van der Waals surface area contributed by atoms with E-state index in [4.69, 9.17) is 18.5 Å². The number of ether oxygens (including phenoxy) is 2. The fourth-order valence-corrected chi connectivity index (χ4v) is 8.26. The number of carbonyl (C=O) groups excluding carboxylic acids is 2. The number of allylic oxidation sites excluding steroid dienone is 2. The molecule has 0 aliphatic heterocycles. The molecule has 0 amide bonds. The van der Waals surface area contributed by atoms with E-state index in [1.54, 1.807) is 0 Å². The highest BCUT2D eigenvalue weighted by molar-refractivity contribution is 7.47. The minimum Gasteiger partial charge on any atom is -0.462 e. The summed E-state index contributed by atoms with van der Waals surface area (Å²) in [6.45, 7) is 3.29. The number of phosphoric acid groups is 1. The highest BCUT2D eigenvalue weighted by Crippen LogP contribution is 2.47. The number of esters is 2. The Kier molecular flexibility index (Phi) is 34.0. The van der Waals surface area contributed by atoms with Crippen molar-refractivity contribution in [1.29, 1.82) is 0 Å². The van der Waals surface area contributed by atoms with Crippen LogP contribution in [-0.2, 0) is 32.7 Å². The summed E-state index contributed by atoms with van der Waals surface area (Å²) in [5.74, 6) is -1.09. The van der Waals surface area contributed by atoms with Crippen molar-refractivity contribution < 1.29 is 63.1 Å². The number of carbonyl (C=O) groups is 2. The molecule has 0 aromatic rings. The fourth-order valence-electron chi connectivity index (χ4n) is 7.28. The first-order valence-electron chi connectivity index (χ1n) is 23.5. The van der Waals surface area contributed by atoms with E-state index in [9.17, 15) is 44.6 Å². The summed E-state index contributed by atoms with van der Waals surface area (Å²) >= 11 is 0. The second-order valence-electron chi connectivity index (χ2n) is 16.6. The largest absolute Gasteiger partial charge is 0.472 e. The number of hydrogen-bond acceptors (Lipinski definition) is 12. The zero-order chi connectivity index (χ0) is 43.6. The van der Waals surface area contributed by atoms with E-state index in [1.807, 2.05) is 0 Å². The third-order valence-electron chi connectivity index (χ3n) is 11.1. The van der Waals surface area contributed by atoms with Crippen LogP contribution in [0, 0.1) is 0 Å². The van der Waals surface area contributed by atoms with Gasteiger partial charge >= 0.3 is 19.8 Å². The summed E-state index contributed by atoms with van der Waals surface area (Å²) in [5.41, 5.74) is 0. The van der Waals surface area contributed by atoms with Crippen molar-refractivity contribution in [3.8, 4) is 0 Å². The van der Waals surface area contributed by atoms with Crippen molar-refractivity contribution in [2.75, 3.05) is 13.2 Å². The van der Waals surface area contributed by atoms with Crippen molar-refractivity contribution in [3.63, 3.8) is 0 Å². The summed E-state index contributed by atoms with van der Waals surface area (Å²) in [6, 6.07) is 0. The Morgan fingerprint density at radius 1 is 0.508 bits per heavy atom. The van der Waals surface area contributed by atoms with Gasteiger partial charge in [0.2, 0.25) is 0 Å². The molecule has 0 saturated heterocycles. The van der Waals surface area contributed by atoms with E-state index in [0.717, 1.165) is 51.4 Å². The molecule has 1 saturated carbocycles. The zero-order valence-electron chi connectivity index (χ0n) is 36.8. The smallest absolute Gasteiger partial charge is 0.462 e. The van der Waals surface area contributed by atoms with Crippen LogP contribution >= 0.6 is 7.82 Å². The molecule has 1 aliphatic rings. The predicted octanol–water partition coefficient (Wildman–Crippen LogP) is 9.06. The first-order valence-corrected chi connectivity index (χ1v) is 25.0. The highest BCUT2D eigenvalue weighted by Gasteiger charge is 2.51. The number of unbranched alkanes of at least 4 members (excludes halogenated alkanes) is 25. The molecule has 1 rings (SSSR count). The van der Waals surface area contributed by atoms with E-state index < -0.39 is 75.7 Å². The van der Waals surface area contributed by atoms with Gasteiger partial charge in [-0.3, -0.25) is 18.6 Å². The molecule has 6 unspecified atom stereocenters. The molecule has 0 aromatic carbocycles. The standard InChI is InChI=1S/C45H85O13P/c1-3-5-7-9-11-13-15-16-17-18-19-20-21-22-24-26-28-30-32-34-39(47)57-37(35-55-38(46)33-31-29-27-25-23-14-12-10-8-6-4-2)36-56-59(53,54)58-45-43(51)41(49)40(48)42(50)44(45)52/h16-17,37,40-45,48-52H,3-15,18-36H2,1-2H3,(H,53,54)/b17-16-. The van der Waals surface area contributed by atoms with Crippen LogP contribution in [-0.4, -0.2) is 98.3 Å². The van der Waals surface area contributed by atoms with Gasteiger partial charge in [0.1, 0.15) is 43.2 Å². The van der Waals surface area contributed by atoms with Gasteiger partial charge in [0.15, 0.2) is 6.10 Å². The van der Waals surface area contributed by atoms with Gasteiger partial charge in [-0.05, 0) is 38.5 Å². The predicted molar refractivity (Wildman–Crippen MR) is 231 cm³/mol. The van der Waals surface area contributed by atoms with Crippen molar-refractivity contribution in [1.82, 2.24) is 0 Å². The number of hydrogen-bond donors (Lipinski definition) is 6. The Morgan fingerprint density at radius 3 is 1.29 bits per heavy atom. The van der Waals surface area contributed by atoms with Crippen LogP contribution in [0.1, 0.15) is 206 Å². The third kappa shape index (κ3) is 28.7. The van der Waals surface area contributed by atoms with Crippen molar-refractivity contribution in [2.45, 2.75) is 249 Å². The SMILES string of the molecule is CCCCCCCC/C=C\CCCCCCCCCCCC(=O)OC(COC(=O)CCCCCCCCCCCCC)COP(=O)(O)OC1C(O)C(O)C(O)C(O)C1O. The number of phosphoric ester groups is 1. The van der Waals surface area contributed by atoms with Gasteiger partial charge < -0.3 is 39.9 Å². The van der Waals surface area contributed by atoms with Gasteiger partial charge in [0.25, 0.3) is 0 Å². The van der Waals surface area contributed by atoms with Gasteiger partial charge in [-0.15, -0.1) is 0 Å².